The number of esters is 2. The average molecular weight is 786 g/mol. The molecule has 0 bridgehead atoms. The lowest BCUT2D eigenvalue weighted by Gasteiger charge is -2.40. The van der Waals surface area contributed by atoms with Gasteiger partial charge in [-0.05, 0) is 12.8 Å². The van der Waals surface area contributed by atoms with Gasteiger partial charge in [0.2, 0.25) is 0 Å². The van der Waals surface area contributed by atoms with Gasteiger partial charge < -0.3 is 40.0 Å². The number of hydrogen-bond acceptors (Lipinski definition) is 10. The summed E-state index contributed by atoms with van der Waals surface area (Å²) in [6.07, 6.45) is 30.4. The van der Waals surface area contributed by atoms with Crippen molar-refractivity contribution in [1.29, 1.82) is 0 Å². The number of hydrogen-bond donors (Lipinski definition) is 4. The maximum atomic E-state index is 12.8. The molecule has 0 spiro atoms. The van der Waals surface area contributed by atoms with E-state index in [1.807, 2.05) is 0 Å². The van der Waals surface area contributed by atoms with E-state index in [-0.39, 0.29) is 32.1 Å². The minimum atomic E-state index is -1.53. The van der Waals surface area contributed by atoms with Crippen molar-refractivity contribution < 1.29 is 43.9 Å². The van der Waals surface area contributed by atoms with Crippen LogP contribution in [0.5, 0.6) is 0 Å². The van der Waals surface area contributed by atoms with Gasteiger partial charge >= 0.3 is 11.9 Å². The van der Waals surface area contributed by atoms with Crippen molar-refractivity contribution in [2.24, 2.45) is 5.73 Å². The quantitative estimate of drug-likeness (QED) is 0.0349. The molecule has 0 aromatic carbocycles. The zero-order chi connectivity index (χ0) is 40.2. The molecule has 0 amide bonds. The molecule has 0 aromatic rings. The first-order valence-electron chi connectivity index (χ1n) is 23.2. The molecule has 10 heteroatoms. The fourth-order valence-electron chi connectivity index (χ4n) is 7.35. The number of aliphatic hydroxyl groups excluding tert-OH is 3. The van der Waals surface area contributed by atoms with E-state index in [2.05, 4.69) is 13.8 Å². The Bertz CT molecular complexity index is 875. The highest BCUT2D eigenvalue weighted by atomic mass is 16.7. The summed E-state index contributed by atoms with van der Waals surface area (Å²) in [6, 6.07) is 0. The largest absolute Gasteiger partial charge is 0.462 e. The molecule has 1 rings (SSSR count). The summed E-state index contributed by atoms with van der Waals surface area (Å²) in [5.74, 6) is -0.754. The van der Waals surface area contributed by atoms with E-state index in [1.165, 1.54) is 154 Å². The summed E-state index contributed by atoms with van der Waals surface area (Å²) in [7, 11) is 0. The van der Waals surface area contributed by atoms with Gasteiger partial charge in [0.15, 0.2) is 12.4 Å². The number of carbonyl (C=O) groups excluding carboxylic acids is 2. The first-order chi connectivity index (χ1) is 26.8. The van der Waals surface area contributed by atoms with Crippen molar-refractivity contribution in [1.82, 2.24) is 0 Å². The fourth-order valence-corrected chi connectivity index (χ4v) is 7.35. The second-order valence-electron chi connectivity index (χ2n) is 16.3. The zero-order valence-electron chi connectivity index (χ0n) is 35.6. The molecule has 0 aromatic heterocycles. The van der Waals surface area contributed by atoms with Gasteiger partial charge in [0.25, 0.3) is 0 Å². The molecule has 326 valence electrons. The summed E-state index contributed by atoms with van der Waals surface area (Å²) >= 11 is 0. The molecule has 1 heterocycles. The second kappa shape index (κ2) is 37.0. The van der Waals surface area contributed by atoms with Crippen LogP contribution in [0.1, 0.15) is 219 Å². The number of unbranched alkanes of at least 4 members (excludes halogenated alkanes) is 28. The molecular formula is C45H87NO9. The van der Waals surface area contributed by atoms with Gasteiger partial charge in [0.1, 0.15) is 31.0 Å². The van der Waals surface area contributed by atoms with E-state index in [1.54, 1.807) is 0 Å². The predicted octanol–water partition coefficient (Wildman–Crippen LogP) is 9.75. The Kier molecular flexibility index (Phi) is 34.8. The Labute approximate surface area is 336 Å². The van der Waals surface area contributed by atoms with Crippen LogP contribution in [-0.4, -0.2) is 83.8 Å². The number of nitrogens with two attached hydrogens (primary N) is 1. The van der Waals surface area contributed by atoms with Gasteiger partial charge in [-0.25, -0.2) is 0 Å². The molecule has 1 aliphatic rings. The summed E-state index contributed by atoms with van der Waals surface area (Å²) in [5.41, 5.74) is 5.65. The first kappa shape index (κ1) is 51.7. The van der Waals surface area contributed by atoms with Gasteiger partial charge in [-0.15, -0.1) is 0 Å². The molecule has 2 unspecified atom stereocenters. The van der Waals surface area contributed by atoms with Crippen LogP contribution in [0.2, 0.25) is 0 Å². The molecule has 5 N–H and O–H groups in total. The van der Waals surface area contributed by atoms with Gasteiger partial charge in [-0.2, -0.15) is 0 Å². The van der Waals surface area contributed by atoms with E-state index >= 15 is 0 Å². The minimum absolute atomic E-state index is 0.0839. The maximum Gasteiger partial charge on any atom is 0.306 e. The molecule has 0 radical (unpaired) electrons. The van der Waals surface area contributed by atoms with E-state index < -0.39 is 42.8 Å². The molecule has 1 aliphatic heterocycles. The van der Waals surface area contributed by atoms with E-state index in [0.717, 1.165) is 38.5 Å². The van der Waals surface area contributed by atoms with Crippen molar-refractivity contribution >= 4 is 11.9 Å². The lowest BCUT2D eigenvalue weighted by molar-refractivity contribution is -0.299. The average Bonchev–Trinajstić information content (AvgIpc) is 3.18. The van der Waals surface area contributed by atoms with Gasteiger partial charge in [-0.3, -0.25) is 9.59 Å². The number of carbonyl (C=O) groups is 2. The Morgan fingerprint density at radius 3 is 1.25 bits per heavy atom. The van der Waals surface area contributed by atoms with E-state index in [9.17, 15) is 24.9 Å². The smallest absolute Gasteiger partial charge is 0.306 e. The Morgan fingerprint density at radius 1 is 0.509 bits per heavy atom. The highest BCUT2D eigenvalue weighted by molar-refractivity contribution is 5.70. The monoisotopic (exact) mass is 786 g/mol. The third-order valence-electron chi connectivity index (χ3n) is 11.0. The fraction of sp³-hybridized carbons (Fsp3) is 0.956. The van der Waals surface area contributed by atoms with Crippen LogP contribution < -0.4 is 5.73 Å². The zero-order valence-corrected chi connectivity index (χ0v) is 35.6. The van der Waals surface area contributed by atoms with Gasteiger partial charge in [0.05, 0.1) is 6.61 Å². The van der Waals surface area contributed by atoms with Crippen LogP contribution in [0, 0.1) is 0 Å². The third-order valence-corrected chi connectivity index (χ3v) is 11.0. The van der Waals surface area contributed by atoms with Crippen LogP contribution in [0.4, 0.5) is 0 Å². The minimum Gasteiger partial charge on any atom is -0.462 e. The summed E-state index contributed by atoms with van der Waals surface area (Å²) in [6.45, 7) is 4.03. The molecule has 55 heavy (non-hydrogen) atoms. The maximum absolute atomic E-state index is 12.8. The molecule has 0 saturated carbocycles. The highest BCUT2D eigenvalue weighted by Crippen LogP contribution is 2.22. The lowest BCUT2D eigenvalue weighted by atomic mass is 9.99. The molecule has 6 atom stereocenters. The van der Waals surface area contributed by atoms with Gasteiger partial charge in [0, 0.05) is 19.4 Å². The Hall–Kier alpha value is -1.30. The molecule has 1 fully saturated rings. The molecule has 0 aliphatic carbocycles. The molecule has 1 saturated heterocycles. The van der Waals surface area contributed by atoms with Crippen LogP contribution in [0.3, 0.4) is 0 Å². The normalized spacial score (nSPS) is 20.4. The van der Waals surface area contributed by atoms with Crippen LogP contribution in [-0.2, 0) is 28.5 Å². The van der Waals surface area contributed by atoms with Crippen LogP contribution in [0.15, 0.2) is 0 Å². The topological polar surface area (TPSA) is 158 Å². The molecule has 10 nitrogen and oxygen atoms in total. The van der Waals surface area contributed by atoms with Crippen LogP contribution in [0.25, 0.3) is 0 Å². The summed E-state index contributed by atoms with van der Waals surface area (Å²) in [4.78, 5) is 25.4. The van der Waals surface area contributed by atoms with Crippen molar-refractivity contribution in [3.05, 3.63) is 0 Å². The molecular weight excluding hydrogens is 698 g/mol. The first-order valence-corrected chi connectivity index (χ1v) is 23.2. The van der Waals surface area contributed by atoms with Crippen molar-refractivity contribution in [3.63, 3.8) is 0 Å². The number of aliphatic hydroxyl groups is 3. The van der Waals surface area contributed by atoms with Crippen molar-refractivity contribution in [2.45, 2.75) is 256 Å². The van der Waals surface area contributed by atoms with E-state index in [0.29, 0.717) is 6.42 Å². The number of rotatable bonds is 39. The summed E-state index contributed by atoms with van der Waals surface area (Å²) < 4.78 is 22.4. The third kappa shape index (κ3) is 28.7. The Morgan fingerprint density at radius 2 is 0.873 bits per heavy atom. The highest BCUT2D eigenvalue weighted by Gasteiger charge is 2.44. The Balaban J connectivity index is 2.30. The summed E-state index contributed by atoms with van der Waals surface area (Å²) in [5, 5.41) is 30.7. The van der Waals surface area contributed by atoms with Crippen molar-refractivity contribution in [2.75, 3.05) is 19.8 Å². The standard InChI is InChI=1S/C45H87NO9/c1-3-5-7-9-11-13-15-17-19-21-23-25-27-29-31-33-40(47)52-36-38(37-53-45-44(51)43(50)42(49)39(35-46)55-45)54-41(48)34-32-30-28-26-24-22-20-18-16-14-12-10-8-6-4-2/h38-39,42-45,49-51H,3-37,46H2,1-2H3/t38-,39-,42-,43?,44?,45+/m1/s1. The van der Waals surface area contributed by atoms with E-state index in [4.69, 9.17) is 24.7 Å². The van der Waals surface area contributed by atoms with Gasteiger partial charge in [-0.1, -0.05) is 194 Å². The van der Waals surface area contributed by atoms with Crippen molar-refractivity contribution in [3.8, 4) is 0 Å². The lowest BCUT2D eigenvalue weighted by Crippen LogP contribution is -2.60. The van der Waals surface area contributed by atoms with Crippen LogP contribution >= 0.6 is 0 Å². The SMILES string of the molecule is CCCCCCCCCCCCCCCCCC(=O)OC[C@H](CO[C@H]1O[C@H](CN)[C@@H](O)C(O)C1O)OC(=O)CCCCCCCCCCCCCCCCC. The predicted molar refractivity (Wildman–Crippen MR) is 222 cm³/mol. The number of ether oxygens (including phenoxy) is 4. The second-order valence-corrected chi connectivity index (χ2v) is 16.3.